The number of para-hydroxylation sites is 1. The fourth-order valence-electron chi connectivity index (χ4n) is 3.90. The largest absolute Gasteiger partial charge is 0.355 e. The lowest BCUT2D eigenvalue weighted by atomic mass is 10.1. The number of benzene rings is 1. The number of hydrogen-bond acceptors (Lipinski definition) is 4. The molecule has 0 aliphatic carbocycles. The maximum atomic E-state index is 12.8. The highest BCUT2D eigenvalue weighted by Crippen LogP contribution is 2.29. The molecule has 1 unspecified atom stereocenters. The maximum Gasteiger partial charge on any atom is 0.236 e. The van der Waals surface area contributed by atoms with E-state index >= 15 is 0 Å². The summed E-state index contributed by atoms with van der Waals surface area (Å²) in [4.78, 5) is 4.24. The molecule has 1 atom stereocenters. The molecule has 30 heavy (non-hydrogen) atoms. The summed E-state index contributed by atoms with van der Waals surface area (Å²) in [6.07, 6.45) is 1.58. The van der Waals surface area contributed by atoms with E-state index in [0.29, 0.717) is 19.0 Å². The van der Waals surface area contributed by atoms with Crippen LogP contribution in [0.3, 0.4) is 0 Å². The Bertz CT molecular complexity index is 1030. The lowest BCUT2D eigenvalue weighted by Gasteiger charge is -2.21. The van der Waals surface area contributed by atoms with Crippen molar-refractivity contribution in [3.05, 3.63) is 46.8 Å². The summed E-state index contributed by atoms with van der Waals surface area (Å²) in [7, 11) is 0.251. The molecule has 0 fully saturated rings. The Morgan fingerprint density at radius 3 is 2.70 bits per heavy atom. The van der Waals surface area contributed by atoms with E-state index in [4.69, 9.17) is 0 Å². The van der Waals surface area contributed by atoms with Crippen LogP contribution in [0, 0.1) is 13.8 Å². The second-order valence-electron chi connectivity index (χ2n) is 7.79. The van der Waals surface area contributed by atoms with Crippen molar-refractivity contribution in [2.75, 3.05) is 30.2 Å². The van der Waals surface area contributed by atoms with Crippen LogP contribution in [0.1, 0.15) is 29.4 Å². The van der Waals surface area contributed by atoms with E-state index < -0.39 is 10.0 Å². The van der Waals surface area contributed by atoms with Gasteiger partial charge in [-0.15, -0.1) is 0 Å². The molecule has 2 N–H and O–H groups in total. The predicted octanol–water partition coefficient (Wildman–Crippen LogP) is 1.53. The molecule has 0 saturated heterocycles. The smallest absolute Gasteiger partial charge is 0.236 e. The van der Waals surface area contributed by atoms with Gasteiger partial charge in [-0.3, -0.25) is 14.0 Å². The standard InChI is InChI=1S/C21H32N6O2S/c1-15(14-19-16(2)25-26(5)17(19)3)24-21(22-4)23-11-13-30(28,29)27-12-10-18-8-6-7-9-20(18)27/h6-9,15H,10-14H2,1-5H3,(H2,22,23,24). The van der Waals surface area contributed by atoms with Gasteiger partial charge in [0, 0.05) is 38.9 Å². The minimum absolute atomic E-state index is 0.0111. The number of aliphatic imine (C=N–C) groups is 1. The minimum atomic E-state index is -3.39. The number of hydrogen-bond donors (Lipinski definition) is 2. The van der Waals surface area contributed by atoms with E-state index in [0.717, 1.165) is 35.5 Å². The van der Waals surface area contributed by atoms with E-state index in [9.17, 15) is 8.42 Å². The molecular formula is C21H32N6O2S. The van der Waals surface area contributed by atoms with Crippen molar-refractivity contribution in [1.82, 2.24) is 20.4 Å². The highest BCUT2D eigenvalue weighted by molar-refractivity contribution is 7.92. The Labute approximate surface area is 179 Å². The molecule has 1 aromatic carbocycles. The molecule has 9 heteroatoms. The Kier molecular flexibility index (Phi) is 6.70. The number of aromatic nitrogens is 2. The van der Waals surface area contributed by atoms with Crippen LogP contribution in [0.2, 0.25) is 0 Å². The summed E-state index contributed by atoms with van der Waals surface area (Å²) in [5, 5.41) is 10.9. The van der Waals surface area contributed by atoms with Crippen molar-refractivity contribution in [2.45, 2.75) is 39.7 Å². The first kappa shape index (κ1) is 22.1. The summed E-state index contributed by atoms with van der Waals surface area (Å²) in [5.41, 5.74) is 5.30. The Balaban J connectivity index is 1.53. The van der Waals surface area contributed by atoms with E-state index in [1.165, 1.54) is 9.87 Å². The molecule has 2 heterocycles. The molecule has 164 valence electrons. The summed E-state index contributed by atoms with van der Waals surface area (Å²) in [6, 6.07) is 7.81. The highest BCUT2D eigenvalue weighted by Gasteiger charge is 2.28. The van der Waals surface area contributed by atoms with Gasteiger partial charge in [-0.1, -0.05) is 18.2 Å². The molecule has 3 rings (SSSR count). The predicted molar refractivity (Wildman–Crippen MR) is 122 cm³/mol. The number of sulfonamides is 1. The first-order valence-electron chi connectivity index (χ1n) is 10.3. The third-order valence-electron chi connectivity index (χ3n) is 5.61. The topological polar surface area (TPSA) is 91.6 Å². The molecule has 0 radical (unpaired) electrons. The van der Waals surface area contributed by atoms with E-state index in [-0.39, 0.29) is 11.8 Å². The van der Waals surface area contributed by atoms with Gasteiger partial charge in [-0.05, 0) is 50.8 Å². The minimum Gasteiger partial charge on any atom is -0.355 e. The van der Waals surface area contributed by atoms with E-state index in [2.05, 4.69) is 34.6 Å². The summed E-state index contributed by atoms with van der Waals surface area (Å²) >= 11 is 0. The third-order valence-corrected chi connectivity index (χ3v) is 7.38. The number of aryl methyl sites for hydroxylation is 2. The quantitative estimate of drug-likeness (QED) is 0.511. The SMILES string of the molecule is CN=C(NCCS(=O)(=O)N1CCc2ccccc21)NC(C)Cc1c(C)nn(C)c1C. The third kappa shape index (κ3) is 4.77. The number of guanidine groups is 1. The van der Waals surface area contributed by atoms with E-state index in [1.54, 1.807) is 7.05 Å². The molecule has 2 aromatic rings. The molecule has 0 spiro atoms. The normalized spacial score (nSPS) is 15.2. The highest BCUT2D eigenvalue weighted by atomic mass is 32.2. The molecule has 1 aliphatic rings. The molecule has 8 nitrogen and oxygen atoms in total. The van der Waals surface area contributed by atoms with Crippen LogP contribution in [-0.4, -0.2) is 56.1 Å². The summed E-state index contributed by atoms with van der Waals surface area (Å²) in [5.74, 6) is 0.607. The molecule has 0 amide bonds. The van der Waals surface area contributed by atoms with Crippen LogP contribution < -0.4 is 14.9 Å². The Hall–Kier alpha value is -2.55. The number of nitrogens with zero attached hydrogens (tertiary/aromatic N) is 4. The van der Waals surface area contributed by atoms with Gasteiger partial charge in [0.15, 0.2) is 5.96 Å². The van der Waals surface area contributed by atoms with Crippen molar-refractivity contribution in [2.24, 2.45) is 12.0 Å². The lowest BCUT2D eigenvalue weighted by Crippen LogP contribution is -2.45. The molecule has 0 saturated carbocycles. The van der Waals surface area contributed by atoms with Gasteiger partial charge in [0.25, 0.3) is 0 Å². The Morgan fingerprint density at radius 1 is 1.30 bits per heavy atom. The second-order valence-corrected chi connectivity index (χ2v) is 9.80. The first-order valence-corrected chi connectivity index (χ1v) is 11.9. The van der Waals surface area contributed by atoms with Crippen LogP contribution in [0.25, 0.3) is 0 Å². The van der Waals surface area contributed by atoms with Crippen molar-refractivity contribution in [1.29, 1.82) is 0 Å². The first-order chi connectivity index (χ1) is 14.2. The molecular weight excluding hydrogens is 400 g/mol. The number of rotatable bonds is 7. The molecule has 0 bridgehead atoms. The van der Waals surface area contributed by atoms with Gasteiger partial charge in [-0.25, -0.2) is 8.42 Å². The average Bonchev–Trinajstić information content (AvgIpc) is 3.24. The summed E-state index contributed by atoms with van der Waals surface area (Å²) < 4.78 is 29.1. The fourth-order valence-corrected chi connectivity index (χ4v) is 5.33. The van der Waals surface area contributed by atoms with Crippen molar-refractivity contribution in [3.63, 3.8) is 0 Å². The van der Waals surface area contributed by atoms with Gasteiger partial charge in [0.1, 0.15) is 0 Å². The number of fused-ring (bicyclic) bond motifs is 1. The number of nitrogens with one attached hydrogen (secondary N) is 2. The van der Waals surface area contributed by atoms with Gasteiger partial charge < -0.3 is 10.6 Å². The average molecular weight is 433 g/mol. The lowest BCUT2D eigenvalue weighted by molar-refractivity contribution is 0.590. The molecule has 1 aromatic heterocycles. The van der Waals surface area contributed by atoms with Crippen molar-refractivity contribution in [3.8, 4) is 0 Å². The van der Waals surface area contributed by atoms with Crippen molar-refractivity contribution < 1.29 is 8.42 Å². The van der Waals surface area contributed by atoms with Crippen LogP contribution in [0.15, 0.2) is 29.3 Å². The maximum absolute atomic E-state index is 12.8. The fraction of sp³-hybridized carbons (Fsp3) is 0.524. The van der Waals surface area contributed by atoms with Gasteiger partial charge in [0.05, 0.1) is 17.1 Å². The van der Waals surface area contributed by atoms with Crippen LogP contribution in [0.4, 0.5) is 5.69 Å². The zero-order valence-corrected chi connectivity index (χ0v) is 19.3. The Morgan fingerprint density at radius 2 is 2.03 bits per heavy atom. The number of anilines is 1. The second kappa shape index (κ2) is 9.07. The van der Waals surface area contributed by atoms with Crippen molar-refractivity contribution >= 4 is 21.7 Å². The monoisotopic (exact) mass is 432 g/mol. The zero-order chi connectivity index (χ0) is 21.9. The van der Waals surface area contributed by atoms with Crippen LogP contribution >= 0.6 is 0 Å². The summed E-state index contributed by atoms with van der Waals surface area (Å²) in [6.45, 7) is 6.96. The van der Waals surface area contributed by atoms with E-state index in [1.807, 2.05) is 42.9 Å². The van der Waals surface area contributed by atoms with Gasteiger partial charge in [0.2, 0.25) is 10.0 Å². The van der Waals surface area contributed by atoms with Crippen LogP contribution in [-0.2, 0) is 29.9 Å². The van der Waals surface area contributed by atoms with Gasteiger partial charge in [-0.2, -0.15) is 5.10 Å². The zero-order valence-electron chi connectivity index (χ0n) is 18.4. The molecule has 1 aliphatic heterocycles. The van der Waals surface area contributed by atoms with Crippen LogP contribution in [0.5, 0.6) is 0 Å². The van der Waals surface area contributed by atoms with Gasteiger partial charge >= 0.3 is 0 Å².